The summed E-state index contributed by atoms with van der Waals surface area (Å²) in [5.74, 6) is 1.66. The standard InChI is InChI=1S/C16H17ClN2O2/c1-20-16-6-5-14(17)10-13(16)11-19(8-3-7-18)12-15-4-2-9-21-15/h2,4-6,9-10H,3,8,11-12H2,1H3. The lowest BCUT2D eigenvalue weighted by molar-refractivity contribution is 0.237. The molecule has 0 N–H and O–H groups in total. The van der Waals surface area contributed by atoms with Gasteiger partial charge in [0.15, 0.2) is 0 Å². The van der Waals surface area contributed by atoms with E-state index in [0.717, 1.165) is 17.1 Å². The summed E-state index contributed by atoms with van der Waals surface area (Å²) in [7, 11) is 1.64. The highest BCUT2D eigenvalue weighted by Crippen LogP contribution is 2.24. The first-order valence-electron chi connectivity index (χ1n) is 6.67. The van der Waals surface area contributed by atoms with Crippen molar-refractivity contribution in [3.63, 3.8) is 0 Å². The Morgan fingerprint density at radius 2 is 2.19 bits per heavy atom. The fraction of sp³-hybridized carbons (Fsp3) is 0.312. The van der Waals surface area contributed by atoms with Crippen molar-refractivity contribution in [2.24, 2.45) is 0 Å². The predicted molar refractivity (Wildman–Crippen MR) is 81.1 cm³/mol. The molecule has 0 saturated carbocycles. The van der Waals surface area contributed by atoms with Gasteiger partial charge in [-0.1, -0.05) is 11.6 Å². The van der Waals surface area contributed by atoms with Crippen LogP contribution in [0.2, 0.25) is 5.02 Å². The molecule has 5 heteroatoms. The highest BCUT2D eigenvalue weighted by molar-refractivity contribution is 6.30. The maximum absolute atomic E-state index is 8.81. The number of nitriles is 1. The van der Waals surface area contributed by atoms with Gasteiger partial charge in [0.2, 0.25) is 0 Å². The van der Waals surface area contributed by atoms with Crippen LogP contribution >= 0.6 is 11.6 Å². The maximum atomic E-state index is 8.81. The Kier molecular flexibility index (Phi) is 5.68. The van der Waals surface area contributed by atoms with Crippen molar-refractivity contribution >= 4 is 11.6 Å². The third kappa shape index (κ3) is 4.52. The lowest BCUT2D eigenvalue weighted by Crippen LogP contribution is -2.24. The van der Waals surface area contributed by atoms with E-state index in [0.29, 0.717) is 31.1 Å². The van der Waals surface area contributed by atoms with Gasteiger partial charge in [0, 0.05) is 30.1 Å². The molecule has 0 spiro atoms. The van der Waals surface area contributed by atoms with Crippen LogP contribution in [0.4, 0.5) is 0 Å². The minimum absolute atomic E-state index is 0.462. The smallest absolute Gasteiger partial charge is 0.123 e. The van der Waals surface area contributed by atoms with Crippen molar-refractivity contribution in [2.75, 3.05) is 13.7 Å². The SMILES string of the molecule is COc1ccc(Cl)cc1CN(CCC#N)Cc1ccco1. The van der Waals surface area contributed by atoms with Gasteiger partial charge in [-0.3, -0.25) is 4.90 Å². The Hall–Kier alpha value is -1.96. The van der Waals surface area contributed by atoms with Crippen molar-refractivity contribution in [2.45, 2.75) is 19.5 Å². The minimum Gasteiger partial charge on any atom is -0.496 e. The van der Waals surface area contributed by atoms with Crippen molar-refractivity contribution in [1.29, 1.82) is 5.26 Å². The summed E-state index contributed by atoms with van der Waals surface area (Å²) in [6.07, 6.45) is 2.11. The third-order valence-electron chi connectivity index (χ3n) is 3.14. The van der Waals surface area contributed by atoms with Gasteiger partial charge in [-0.05, 0) is 30.3 Å². The van der Waals surface area contributed by atoms with Crippen LogP contribution in [0.25, 0.3) is 0 Å². The number of hydrogen-bond donors (Lipinski definition) is 0. The molecule has 0 aliphatic carbocycles. The molecular weight excluding hydrogens is 288 g/mol. The second kappa shape index (κ2) is 7.72. The highest BCUT2D eigenvalue weighted by atomic mass is 35.5. The van der Waals surface area contributed by atoms with Gasteiger partial charge in [-0.2, -0.15) is 5.26 Å². The third-order valence-corrected chi connectivity index (χ3v) is 3.37. The number of benzene rings is 1. The summed E-state index contributed by atoms with van der Waals surface area (Å²) in [4.78, 5) is 2.14. The first-order chi connectivity index (χ1) is 10.2. The average molecular weight is 305 g/mol. The van der Waals surface area contributed by atoms with E-state index < -0.39 is 0 Å². The molecule has 21 heavy (non-hydrogen) atoms. The molecule has 0 bridgehead atoms. The van der Waals surface area contributed by atoms with E-state index in [1.807, 2.05) is 24.3 Å². The summed E-state index contributed by atoms with van der Waals surface area (Å²) >= 11 is 6.06. The molecule has 0 amide bonds. The Bertz CT molecular complexity index is 605. The fourth-order valence-corrected chi connectivity index (χ4v) is 2.35. The van der Waals surface area contributed by atoms with Crippen molar-refractivity contribution in [3.05, 3.63) is 52.9 Å². The molecule has 2 aromatic rings. The maximum Gasteiger partial charge on any atom is 0.123 e. The average Bonchev–Trinajstić information content (AvgIpc) is 2.98. The highest BCUT2D eigenvalue weighted by Gasteiger charge is 2.12. The van der Waals surface area contributed by atoms with E-state index in [-0.39, 0.29) is 0 Å². The zero-order valence-corrected chi connectivity index (χ0v) is 12.6. The largest absolute Gasteiger partial charge is 0.496 e. The molecule has 0 aliphatic heterocycles. The van der Waals surface area contributed by atoms with E-state index in [9.17, 15) is 0 Å². The molecule has 0 fully saturated rings. The monoisotopic (exact) mass is 304 g/mol. The second-order valence-electron chi connectivity index (χ2n) is 4.65. The quantitative estimate of drug-likeness (QED) is 0.779. The summed E-state index contributed by atoms with van der Waals surface area (Å²) in [6, 6.07) is 11.5. The van der Waals surface area contributed by atoms with Crippen LogP contribution in [0.1, 0.15) is 17.7 Å². The van der Waals surface area contributed by atoms with E-state index in [1.54, 1.807) is 19.4 Å². The zero-order chi connectivity index (χ0) is 15.1. The Balaban J connectivity index is 2.14. The number of methoxy groups -OCH3 is 1. The molecule has 1 heterocycles. The summed E-state index contributed by atoms with van der Waals surface area (Å²) < 4.78 is 10.7. The van der Waals surface area contributed by atoms with Gasteiger partial charge >= 0.3 is 0 Å². The molecule has 0 saturated heterocycles. The van der Waals surface area contributed by atoms with Crippen LogP contribution in [0, 0.1) is 11.3 Å². The molecule has 4 nitrogen and oxygen atoms in total. The predicted octanol–water partition coefficient (Wildman–Crippen LogP) is 3.86. The van der Waals surface area contributed by atoms with Crippen LogP contribution in [0.15, 0.2) is 41.0 Å². The lowest BCUT2D eigenvalue weighted by Gasteiger charge is -2.21. The van der Waals surface area contributed by atoms with Gasteiger partial charge in [0.25, 0.3) is 0 Å². The van der Waals surface area contributed by atoms with Crippen molar-refractivity contribution in [3.8, 4) is 11.8 Å². The topological polar surface area (TPSA) is 49.4 Å². The summed E-state index contributed by atoms with van der Waals surface area (Å²) in [6.45, 7) is 1.95. The van der Waals surface area contributed by atoms with E-state index in [2.05, 4.69) is 11.0 Å². The van der Waals surface area contributed by atoms with Gasteiger partial charge in [-0.15, -0.1) is 0 Å². The molecule has 1 aromatic heterocycles. The first kappa shape index (κ1) is 15.4. The molecule has 0 atom stereocenters. The number of ether oxygens (including phenoxy) is 1. The van der Waals surface area contributed by atoms with E-state index in [4.69, 9.17) is 26.0 Å². The van der Waals surface area contributed by atoms with Gasteiger partial charge in [0.1, 0.15) is 11.5 Å². The Labute approximate surface area is 129 Å². The number of hydrogen-bond acceptors (Lipinski definition) is 4. The second-order valence-corrected chi connectivity index (χ2v) is 5.09. The molecule has 0 aliphatic rings. The number of nitrogens with zero attached hydrogens (tertiary/aromatic N) is 2. The van der Waals surface area contributed by atoms with Gasteiger partial charge < -0.3 is 9.15 Å². The van der Waals surface area contributed by atoms with Crippen molar-refractivity contribution < 1.29 is 9.15 Å². The molecule has 0 unspecified atom stereocenters. The normalized spacial score (nSPS) is 10.6. The fourth-order valence-electron chi connectivity index (χ4n) is 2.16. The number of furan rings is 1. The van der Waals surface area contributed by atoms with Crippen LogP contribution < -0.4 is 4.74 Å². The summed E-state index contributed by atoms with van der Waals surface area (Å²) in [5, 5.41) is 9.48. The van der Waals surface area contributed by atoms with Gasteiger partial charge in [0.05, 0.1) is 26.0 Å². The lowest BCUT2D eigenvalue weighted by atomic mass is 10.1. The number of rotatable bonds is 7. The molecule has 2 rings (SSSR count). The van der Waals surface area contributed by atoms with Crippen LogP contribution in [-0.4, -0.2) is 18.6 Å². The molecule has 1 aromatic carbocycles. The molecular formula is C16H17ClN2O2. The first-order valence-corrected chi connectivity index (χ1v) is 7.05. The van der Waals surface area contributed by atoms with E-state index >= 15 is 0 Å². The van der Waals surface area contributed by atoms with Gasteiger partial charge in [-0.25, -0.2) is 0 Å². The van der Waals surface area contributed by atoms with Crippen LogP contribution in [-0.2, 0) is 13.1 Å². The Morgan fingerprint density at radius 1 is 1.33 bits per heavy atom. The summed E-state index contributed by atoms with van der Waals surface area (Å²) in [5.41, 5.74) is 0.995. The Morgan fingerprint density at radius 3 is 2.86 bits per heavy atom. The molecule has 110 valence electrons. The minimum atomic E-state index is 0.462. The zero-order valence-electron chi connectivity index (χ0n) is 11.9. The van der Waals surface area contributed by atoms with Crippen LogP contribution in [0.5, 0.6) is 5.75 Å². The van der Waals surface area contributed by atoms with E-state index in [1.165, 1.54) is 0 Å². The van der Waals surface area contributed by atoms with Crippen molar-refractivity contribution in [1.82, 2.24) is 4.90 Å². The molecule has 0 radical (unpaired) electrons. The number of halogens is 1. The van der Waals surface area contributed by atoms with Crippen LogP contribution in [0.3, 0.4) is 0 Å².